The fourth-order valence-corrected chi connectivity index (χ4v) is 5.22. The minimum atomic E-state index is 0. The van der Waals surface area contributed by atoms with E-state index in [1.807, 2.05) is 152 Å². The molecule has 0 amide bonds. The molecule has 0 aliphatic carbocycles. The van der Waals surface area contributed by atoms with Gasteiger partial charge < -0.3 is 29.9 Å². The van der Waals surface area contributed by atoms with E-state index in [2.05, 4.69) is 15.0 Å². The van der Waals surface area contributed by atoms with Crippen LogP contribution in [0, 0.1) is 0 Å². The van der Waals surface area contributed by atoms with E-state index in [4.69, 9.17) is 29.9 Å². The summed E-state index contributed by atoms with van der Waals surface area (Å²) >= 11 is 0. The van der Waals surface area contributed by atoms with Gasteiger partial charge in [0.1, 0.15) is 0 Å². The minimum Gasteiger partial charge on any atom is -0.361 e. The standard InChI is InChI=1S/C28H16N6.3C5H5N.Mn/c1-2-12-22-21(11-1)25-29-17-7-5-9-19(15-17)31-27-23-13-3-4-14-24(23)28(34-27)32-20-10-6-8-18(16-20)30-26(22)33-25;3*1-2-4-6-5-3-1;/h1-16H;3*1-5H;/q-2;;;;+2. The third kappa shape index (κ3) is 9.68. The molecule has 10 aromatic rings. The predicted octanol–water partition coefficient (Wildman–Crippen LogP) is 9.03. The van der Waals surface area contributed by atoms with Crippen molar-refractivity contribution in [2.24, 2.45) is 0 Å². The van der Waals surface area contributed by atoms with Crippen molar-refractivity contribution < 1.29 is 17.1 Å². The molecular formula is C43H31MnN9. The Bertz CT molecular complexity index is 2330. The van der Waals surface area contributed by atoms with Gasteiger partial charge in [0.05, 0.1) is 0 Å². The van der Waals surface area contributed by atoms with Crippen molar-refractivity contribution in [3.8, 4) is 0 Å². The molecule has 53 heavy (non-hydrogen) atoms. The number of nitrogens with zero attached hydrogens (tertiary/aromatic N) is 9. The van der Waals surface area contributed by atoms with Gasteiger partial charge in [-0.1, -0.05) is 103 Å². The SMILES string of the molecule is [Mn+2].c1cc2cc(c1)nc1[n-]c(nc3cccc(c3)nc3[n-]c(n2)c2ccccc32)c2ccccc12.c1ccncc1.c1ccncc1.c1ccncc1. The van der Waals surface area contributed by atoms with E-state index in [-0.39, 0.29) is 17.1 Å². The molecule has 0 aliphatic rings. The Hall–Kier alpha value is -6.87. The molecule has 10 rings (SSSR count). The largest absolute Gasteiger partial charge is 2.00 e. The van der Waals surface area contributed by atoms with Crippen LogP contribution in [0.15, 0.2) is 189 Å². The monoisotopic (exact) mass is 728 g/mol. The van der Waals surface area contributed by atoms with Crippen LogP contribution in [0.1, 0.15) is 0 Å². The Balaban J connectivity index is 0.000000206. The van der Waals surface area contributed by atoms with Crippen molar-refractivity contribution in [3.63, 3.8) is 0 Å². The summed E-state index contributed by atoms with van der Waals surface area (Å²) in [5, 5.41) is 3.84. The molecule has 9 nitrogen and oxygen atoms in total. The summed E-state index contributed by atoms with van der Waals surface area (Å²) in [6.45, 7) is 0. The van der Waals surface area contributed by atoms with Crippen molar-refractivity contribution in [3.05, 3.63) is 189 Å². The topological polar surface area (TPSA) is 118 Å². The molecular weight excluding hydrogens is 697 g/mol. The molecule has 0 spiro atoms. The van der Waals surface area contributed by atoms with Gasteiger partial charge >= 0.3 is 17.1 Å². The van der Waals surface area contributed by atoms with Crippen molar-refractivity contribution in [1.29, 1.82) is 0 Å². The van der Waals surface area contributed by atoms with E-state index < -0.39 is 0 Å². The van der Waals surface area contributed by atoms with Crippen LogP contribution in [0.5, 0.6) is 0 Å². The maximum Gasteiger partial charge on any atom is 2.00 e. The number of benzene rings is 4. The van der Waals surface area contributed by atoms with Crippen LogP contribution in [0.25, 0.3) is 66.2 Å². The Morgan fingerprint density at radius 2 is 0.547 bits per heavy atom. The van der Waals surface area contributed by atoms with Gasteiger partial charge in [0, 0.05) is 59.8 Å². The number of pyridine rings is 3. The fourth-order valence-electron chi connectivity index (χ4n) is 5.22. The summed E-state index contributed by atoms with van der Waals surface area (Å²) in [6.07, 6.45) is 10.5. The maximum absolute atomic E-state index is 4.84. The first-order valence-electron chi connectivity index (χ1n) is 16.5. The van der Waals surface area contributed by atoms with Gasteiger partial charge in [-0.25, -0.2) is 0 Å². The molecule has 0 unspecified atom stereocenters. The molecule has 0 saturated carbocycles. The van der Waals surface area contributed by atoms with E-state index in [1.165, 1.54) is 0 Å². The van der Waals surface area contributed by atoms with Gasteiger partial charge in [-0.15, -0.1) is 0 Å². The van der Waals surface area contributed by atoms with E-state index in [0.717, 1.165) is 43.6 Å². The normalized spacial score (nSPS) is 10.1. The Morgan fingerprint density at radius 3 is 0.755 bits per heavy atom. The molecule has 0 fully saturated rings. The minimum absolute atomic E-state index is 0. The van der Waals surface area contributed by atoms with Crippen LogP contribution in [0.2, 0.25) is 0 Å². The first-order valence-corrected chi connectivity index (χ1v) is 16.5. The predicted molar refractivity (Wildman–Crippen MR) is 208 cm³/mol. The Labute approximate surface area is 315 Å². The summed E-state index contributed by atoms with van der Waals surface area (Å²) in [6, 6.07) is 48.8. The van der Waals surface area contributed by atoms with Crippen LogP contribution in [-0.4, -0.2) is 34.9 Å². The average molecular weight is 729 g/mol. The van der Waals surface area contributed by atoms with Crippen molar-refractivity contribution in [2.45, 2.75) is 0 Å². The quantitative estimate of drug-likeness (QED) is 0.141. The van der Waals surface area contributed by atoms with Crippen molar-refractivity contribution >= 4 is 66.2 Å². The Kier molecular flexibility index (Phi) is 12.5. The number of fused-ring (bicyclic) bond motifs is 14. The molecule has 6 aromatic heterocycles. The van der Waals surface area contributed by atoms with Crippen LogP contribution in [-0.2, 0) is 17.1 Å². The molecule has 4 aromatic carbocycles. The van der Waals surface area contributed by atoms with Crippen LogP contribution in [0.4, 0.5) is 0 Å². The van der Waals surface area contributed by atoms with Crippen molar-refractivity contribution in [1.82, 2.24) is 44.9 Å². The number of rotatable bonds is 0. The number of hydrogen-bond acceptors (Lipinski definition) is 7. The van der Waals surface area contributed by atoms with Gasteiger partial charge in [0.15, 0.2) is 0 Å². The third-order valence-corrected chi connectivity index (χ3v) is 7.54. The zero-order valence-corrected chi connectivity index (χ0v) is 29.5. The van der Waals surface area contributed by atoms with Crippen molar-refractivity contribution in [2.75, 3.05) is 0 Å². The molecule has 0 atom stereocenters. The first kappa shape index (κ1) is 35.9. The van der Waals surface area contributed by atoms with E-state index in [1.54, 1.807) is 37.2 Å². The second-order valence-corrected chi connectivity index (χ2v) is 11.2. The average Bonchev–Trinajstić information content (AvgIpc) is 3.74. The van der Waals surface area contributed by atoms with Crippen LogP contribution < -0.4 is 9.97 Å². The smallest absolute Gasteiger partial charge is 0.361 e. The van der Waals surface area contributed by atoms with Gasteiger partial charge in [0.2, 0.25) is 0 Å². The second-order valence-electron chi connectivity index (χ2n) is 11.2. The molecule has 0 saturated heterocycles. The van der Waals surface area contributed by atoms with Crippen LogP contribution in [0.3, 0.4) is 0 Å². The summed E-state index contributed by atoms with van der Waals surface area (Å²) in [5.74, 6) is 0. The fraction of sp³-hybridized carbons (Fsp3) is 0. The summed E-state index contributed by atoms with van der Waals surface area (Å²) < 4.78 is 0. The van der Waals surface area contributed by atoms with E-state index >= 15 is 0 Å². The summed E-state index contributed by atoms with van der Waals surface area (Å²) in [5.41, 5.74) is 5.63. The third-order valence-electron chi connectivity index (χ3n) is 7.54. The second kappa shape index (κ2) is 18.4. The first-order chi connectivity index (χ1) is 25.8. The molecule has 0 aliphatic heterocycles. The van der Waals surface area contributed by atoms with E-state index in [9.17, 15) is 0 Å². The van der Waals surface area contributed by atoms with Gasteiger partial charge in [-0.3, -0.25) is 15.0 Å². The Morgan fingerprint density at radius 1 is 0.283 bits per heavy atom. The molecule has 10 heteroatoms. The molecule has 6 heterocycles. The summed E-state index contributed by atoms with van der Waals surface area (Å²) in [7, 11) is 0. The number of aromatic nitrogens is 9. The molecule has 8 bridgehead atoms. The van der Waals surface area contributed by atoms with E-state index in [0.29, 0.717) is 22.6 Å². The summed E-state index contributed by atoms with van der Waals surface area (Å²) in [4.78, 5) is 40.3. The molecule has 1 radical (unpaired) electrons. The van der Waals surface area contributed by atoms with Gasteiger partial charge in [-0.05, 0) is 92.1 Å². The molecule has 0 N–H and O–H groups in total. The zero-order valence-electron chi connectivity index (χ0n) is 28.3. The molecule has 255 valence electrons. The maximum atomic E-state index is 4.84. The van der Waals surface area contributed by atoms with Crippen LogP contribution >= 0.6 is 0 Å². The number of hydrogen-bond donors (Lipinski definition) is 0. The zero-order chi connectivity index (χ0) is 35.2. The van der Waals surface area contributed by atoms with Gasteiger partial charge in [-0.2, -0.15) is 0 Å². The van der Waals surface area contributed by atoms with Gasteiger partial charge in [0.25, 0.3) is 0 Å².